The van der Waals surface area contributed by atoms with E-state index in [1.807, 2.05) is 23.7 Å². The first-order chi connectivity index (χ1) is 7.85. The van der Waals surface area contributed by atoms with Crippen molar-refractivity contribution in [2.75, 3.05) is 18.5 Å². The average molecular weight is 220 g/mol. The van der Waals surface area contributed by atoms with Crippen molar-refractivity contribution in [2.24, 2.45) is 0 Å². The summed E-state index contributed by atoms with van der Waals surface area (Å²) in [6.45, 7) is 5.59. The average Bonchev–Trinajstić information content (AvgIpc) is 2.74. The monoisotopic (exact) mass is 220 g/mol. The van der Waals surface area contributed by atoms with Crippen molar-refractivity contribution in [2.45, 2.75) is 20.3 Å². The van der Waals surface area contributed by atoms with Crippen LogP contribution < -0.4 is 10.1 Å². The number of hydrogen-bond acceptors (Lipinski definition) is 4. The predicted octanol–water partition coefficient (Wildman–Crippen LogP) is 1.95. The van der Waals surface area contributed by atoms with Crippen molar-refractivity contribution in [3.05, 3.63) is 18.6 Å². The lowest BCUT2D eigenvalue weighted by Gasteiger charge is -2.08. The summed E-state index contributed by atoms with van der Waals surface area (Å²) in [5.41, 5.74) is 0.759. The summed E-state index contributed by atoms with van der Waals surface area (Å²) in [6.07, 6.45) is 6.49. The minimum atomic E-state index is 0.588. The normalized spacial score (nSPS) is 10.6. The fraction of sp³-hybridized carbons (Fsp3) is 0.455. The van der Waals surface area contributed by atoms with Crippen molar-refractivity contribution in [3.8, 4) is 5.88 Å². The second kappa shape index (κ2) is 4.83. The third kappa shape index (κ3) is 2.08. The Morgan fingerprint density at radius 2 is 2.31 bits per heavy atom. The zero-order valence-corrected chi connectivity index (χ0v) is 9.60. The Morgan fingerprint density at radius 1 is 1.44 bits per heavy atom. The Labute approximate surface area is 94.5 Å². The van der Waals surface area contributed by atoms with Crippen LogP contribution in [0.5, 0.6) is 5.88 Å². The maximum atomic E-state index is 5.58. The summed E-state index contributed by atoms with van der Waals surface area (Å²) in [5, 5.41) is 3.17. The van der Waals surface area contributed by atoms with E-state index < -0.39 is 0 Å². The van der Waals surface area contributed by atoms with Crippen LogP contribution in [0.4, 0.5) is 5.82 Å². The Bertz CT molecular complexity index is 466. The van der Waals surface area contributed by atoms with E-state index in [4.69, 9.17) is 4.74 Å². The van der Waals surface area contributed by atoms with Crippen molar-refractivity contribution in [3.63, 3.8) is 0 Å². The molecule has 1 N–H and O–H groups in total. The van der Waals surface area contributed by atoms with Gasteiger partial charge >= 0.3 is 0 Å². The Balaban J connectivity index is 2.38. The first-order valence-corrected chi connectivity index (χ1v) is 5.55. The molecule has 0 aliphatic heterocycles. The van der Waals surface area contributed by atoms with E-state index in [1.54, 1.807) is 6.20 Å². The Hall–Kier alpha value is -1.78. The van der Waals surface area contributed by atoms with Gasteiger partial charge in [0.1, 0.15) is 5.82 Å². The lowest BCUT2D eigenvalue weighted by Crippen LogP contribution is -2.05. The van der Waals surface area contributed by atoms with Crippen molar-refractivity contribution in [1.82, 2.24) is 14.4 Å². The zero-order chi connectivity index (χ0) is 11.4. The highest BCUT2D eigenvalue weighted by Gasteiger charge is 2.07. The summed E-state index contributed by atoms with van der Waals surface area (Å²) in [4.78, 5) is 8.60. The standard InChI is InChI=1S/C11H16N4O/c1-3-7-16-11-10-13-5-6-15(10)8-9(14-11)12-4-2/h5-6,8,12H,3-4,7H2,1-2H3. The fourth-order valence-electron chi connectivity index (χ4n) is 1.46. The smallest absolute Gasteiger partial charge is 0.260 e. The van der Waals surface area contributed by atoms with E-state index in [9.17, 15) is 0 Å². The van der Waals surface area contributed by atoms with Crippen LogP contribution in [0.25, 0.3) is 5.65 Å². The van der Waals surface area contributed by atoms with Gasteiger partial charge in [-0.3, -0.25) is 4.40 Å². The molecule has 0 aliphatic carbocycles. The highest BCUT2D eigenvalue weighted by Crippen LogP contribution is 2.18. The highest BCUT2D eigenvalue weighted by atomic mass is 16.5. The van der Waals surface area contributed by atoms with Crippen LogP contribution in [0.2, 0.25) is 0 Å². The largest absolute Gasteiger partial charge is 0.475 e. The predicted molar refractivity (Wildman–Crippen MR) is 62.9 cm³/mol. The van der Waals surface area contributed by atoms with Gasteiger partial charge < -0.3 is 10.1 Å². The maximum Gasteiger partial charge on any atom is 0.260 e. The summed E-state index contributed by atoms with van der Waals surface area (Å²) >= 11 is 0. The number of anilines is 1. The minimum absolute atomic E-state index is 0.588. The molecule has 2 heterocycles. The first kappa shape index (κ1) is 10.7. The molecule has 2 aromatic rings. The van der Waals surface area contributed by atoms with Crippen LogP contribution in [0.1, 0.15) is 20.3 Å². The molecule has 0 amide bonds. The molecule has 2 aromatic heterocycles. The Kier molecular flexibility index (Phi) is 3.24. The molecule has 0 saturated heterocycles. The SMILES string of the molecule is CCCOc1nc(NCC)cn2ccnc12. The van der Waals surface area contributed by atoms with Crippen LogP contribution in [-0.2, 0) is 0 Å². The molecule has 2 rings (SSSR count). The van der Waals surface area contributed by atoms with Gasteiger partial charge in [-0.2, -0.15) is 4.98 Å². The third-order valence-electron chi connectivity index (χ3n) is 2.14. The van der Waals surface area contributed by atoms with Crippen LogP contribution in [0.15, 0.2) is 18.6 Å². The molecule has 0 aromatic carbocycles. The maximum absolute atomic E-state index is 5.58. The molecule has 5 heteroatoms. The quantitative estimate of drug-likeness (QED) is 0.836. The van der Waals surface area contributed by atoms with Crippen molar-refractivity contribution < 1.29 is 4.74 Å². The van der Waals surface area contributed by atoms with Gasteiger partial charge in [-0.1, -0.05) is 6.92 Å². The highest BCUT2D eigenvalue weighted by molar-refractivity contribution is 5.53. The number of ether oxygens (including phenoxy) is 1. The van der Waals surface area contributed by atoms with E-state index >= 15 is 0 Å². The van der Waals surface area contributed by atoms with E-state index in [2.05, 4.69) is 22.2 Å². The summed E-state index contributed by atoms with van der Waals surface area (Å²) < 4.78 is 7.49. The number of aromatic nitrogens is 3. The lowest BCUT2D eigenvalue weighted by molar-refractivity contribution is 0.307. The minimum Gasteiger partial charge on any atom is -0.475 e. The van der Waals surface area contributed by atoms with Crippen LogP contribution in [0, 0.1) is 0 Å². The second-order valence-electron chi connectivity index (χ2n) is 3.47. The molecular weight excluding hydrogens is 204 g/mol. The Morgan fingerprint density at radius 3 is 3.06 bits per heavy atom. The molecule has 0 saturated carbocycles. The van der Waals surface area contributed by atoms with E-state index in [1.165, 1.54) is 0 Å². The summed E-state index contributed by atoms with van der Waals surface area (Å²) in [7, 11) is 0. The van der Waals surface area contributed by atoms with Crippen LogP contribution >= 0.6 is 0 Å². The fourth-order valence-corrected chi connectivity index (χ4v) is 1.46. The van der Waals surface area contributed by atoms with Crippen molar-refractivity contribution >= 4 is 11.5 Å². The molecule has 5 nitrogen and oxygen atoms in total. The van der Waals surface area contributed by atoms with E-state index in [0.717, 1.165) is 24.4 Å². The molecular formula is C11H16N4O. The van der Waals surface area contributed by atoms with Crippen molar-refractivity contribution in [1.29, 1.82) is 0 Å². The molecule has 16 heavy (non-hydrogen) atoms. The van der Waals surface area contributed by atoms with Gasteiger partial charge in [-0.15, -0.1) is 0 Å². The molecule has 86 valence electrons. The molecule has 0 bridgehead atoms. The van der Waals surface area contributed by atoms with Gasteiger partial charge in [0.15, 0.2) is 0 Å². The molecule has 0 fully saturated rings. The van der Waals surface area contributed by atoms with Gasteiger partial charge in [0.25, 0.3) is 5.88 Å². The number of rotatable bonds is 5. The van der Waals surface area contributed by atoms with Gasteiger partial charge in [0, 0.05) is 18.9 Å². The van der Waals surface area contributed by atoms with Gasteiger partial charge in [0.05, 0.1) is 12.8 Å². The number of nitrogens with one attached hydrogen (secondary N) is 1. The number of fused-ring (bicyclic) bond motifs is 1. The molecule has 0 atom stereocenters. The van der Waals surface area contributed by atoms with Gasteiger partial charge in [-0.05, 0) is 13.3 Å². The topological polar surface area (TPSA) is 51.5 Å². The third-order valence-corrected chi connectivity index (χ3v) is 2.14. The summed E-state index contributed by atoms with van der Waals surface area (Å²) in [6, 6.07) is 0. The molecule has 0 aliphatic rings. The number of nitrogens with zero attached hydrogens (tertiary/aromatic N) is 3. The lowest BCUT2D eigenvalue weighted by atomic mass is 10.5. The van der Waals surface area contributed by atoms with E-state index in [0.29, 0.717) is 12.5 Å². The molecule has 0 unspecified atom stereocenters. The van der Waals surface area contributed by atoms with Gasteiger partial charge in [-0.25, -0.2) is 4.98 Å². The first-order valence-electron chi connectivity index (χ1n) is 5.55. The van der Waals surface area contributed by atoms with E-state index in [-0.39, 0.29) is 0 Å². The number of imidazole rings is 1. The molecule has 0 spiro atoms. The second-order valence-corrected chi connectivity index (χ2v) is 3.47. The summed E-state index contributed by atoms with van der Waals surface area (Å²) in [5.74, 6) is 1.39. The van der Waals surface area contributed by atoms with Crippen LogP contribution in [-0.4, -0.2) is 27.5 Å². The number of hydrogen-bond donors (Lipinski definition) is 1. The van der Waals surface area contributed by atoms with Crippen LogP contribution in [0.3, 0.4) is 0 Å². The zero-order valence-electron chi connectivity index (χ0n) is 9.60. The van der Waals surface area contributed by atoms with Gasteiger partial charge in [0.2, 0.25) is 5.65 Å². The molecule has 0 radical (unpaired) electrons.